The first-order valence-corrected chi connectivity index (χ1v) is 9.67. The number of non-ortho nitro benzene ring substituents is 1. The number of aromatic nitrogens is 2. The van der Waals surface area contributed by atoms with Crippen molar-refractivity contribution in [3.8, 4) is 0 Å². The van der Waals surface area contributed by atoms with Crippen molar-refractivity contribution in [2.24, 2.45) is 0 Å². The minimum Gasteiger partial charge on any atom is -0.387 e. The van der Waals surface area contributed by atoms with Crippen molar-refractivity contribution in [2.45, 2.75) is 39.7 Å². The van der Waals surface area contributed by atoms with E-state index in [4.69, 9.17) is 5.73 Å². The Morgan fingerprint density at radius 3 is 2.57 bits per heavy atom. The molecule has 0 aliphatic carbocycles. The van der Waals surface area contributed by atoms with E-state index < -0.39 is 22.1 Å². The van der Waals surface area contributed by atoms with Gasteiger partial charge >= 0.3 is 5.69 Å². The van der Waals surface area contributed by atoms with Gasteiger partial charge in [0.1, 0.15) is 5.82 Å². The SMILES string of the molecule is CCCCN(C(=O)c1cc([N+](=O)[O-])ccc1NC)c1c(N)n(CCC)c(=O)[nH]c1=O. The fraction of sp³-hybridized carbons (Fsp3) is 0.421. The second-order valence-corrected chi connectivity index (χ2v) is 6.69. The summed E-state index contributed by atoms with van der Waals surface area (Å²) in [5.74, 6) is -0.748. The molecule has 0 fully saturated rings. The van der Waals surface area contributed by atoms with Gasteiger partial charge in [0.2, 0.25) is 0 Å². The first-order valence-electron chi connectivity index (χ1n) is 9.67. The first kappa shape index (κ1) is 22.7. The molecule has 2 aromatic rings. The van der Waals surface area contributed by atoms with Crippen molar-refractivity contribution in [1.82, 2.24) is 9.55 Å². The number of nitrogen functional groups attached to an aromatic ring is 1. The molecule has 1 aromatic heterocycles. The predicted octanol–water partition coefficient (Wildman–Crippen LogP) is 1.93. The molecular formula is C19H26N6O5. The van der Waals surface area contributed by atoms with Gasteiger partial charge < -0.3 is 16.0 Å². The van der Waals surface area contributed by atoms with Gasteiger partial charge in [0, 0.05) is 38.0 Å². The maximum atomic E-state index is 13.4. The van der Waals surface area contributed by atoms with Crippen LogP contribution in [0.5, 0.6) is 0 Å². The van der Waals surface area contributed by atoms with Crippen LogP contribution in [0.3, 0.4) is 0 Å². The highest BCUT2D eigenvalue weighted by atomic mass is 16.6. The molecule has 0 aliphatic rings. The lowest BCUT2D eigenvalue weighted by Gasteiger charge is -2.25. The third kappa shape index (κ3) is 4.50. The van der Waals surface area contributed by atoms with Gasteiger partial charge in [-0.1, -0.05) is 20.3 Å². The molecule has 0 unspecified atom stereocenters. The normalized spacial score (nSPS) is 10.6. The Labute approximate surface area is 172 Å². The Morgan fingerprint density at radius 1 is 1.30 bits per heavy atom. The van der Waals surface area contributed by atoms with Crippen molar-refractivity contribution < 1.29 is 9.72 Å². The number of carbonyl (C=O) groups excluding carboxylic acids is 1. The van der Waals surface area contributed by atoms with Gasteiger partial charge in [0.15, 0.2) is 5.69 Å². The van der Waals surface area contributed by atoms with E-state index in [0.717, 1.165) is 12.5 Å². The quantitative estimate of drug-likeness (QED) is 0.415. The molecule has 4 N–H and O–H groups in total. The minimum absolute atomic E-state index is 0.0230. The number of nitrogens with one attached hydrogen (secondary N) is 2. The summed E-state index contributed by atoms with van der Waals surface area (Å²) in [5, 5.41) is 14.0. The number of unbranched alkanes of at least 4 members (excludes halogenated alkanes) is 1. The van der Waals surface area contributed by atoms with Crippen LogP contribution < -0.4 is 27.2 Å². The number of nitrogens with zero attached hydrogens (tertiary/aromatic N) is 3. The third-order valence-electron chi connectivity index (χ3n) is 4.63. The lowest BCUT2D eigenvalue weighted by molar-refractivity contribution is -0.384. The third-order valence-corrected chi connectivity index (χ3v) is 4.63. The van der Waals surface area contributed by atoms with E-state index in [1.165, 1.54) is 21.6 Å². The van der Waals surface area contributed by atoms with Crippen LogP contribution in [0.25, 0.3) is 0 Å². The van der Waals surface area contributed by atoms with Gasteiger partial charge in [-0.25, -0.2) is 4.79 Å². The topological polar surface area (TPSA) is 156 Å². The van der Waals surface area contributed by atoms with E-state index in [9.17, 15) is 24.5 Å². The number of nitro groups is 1. The summed E-state index contributed by atoms with van der Waals surface area (Å²) in [6.45, 7) is 4.18. The predicted molar refractivity (Wildman–Crippen MR) is 115 cm³/mol. The molecule has 2 rings (SSSR count). The standard InChI is InChI=1S/C19H26N6O5/c1-4-6-10-23(15-16(20)24(9-5-2)19(28)22-17(15)26)18(27)13-11-12(25(29)30)7-8-14(13)21-3/h7-8,11,21H,4-6,9-10,20H2,1-3H3,(H,22,26,28). The largest absolute Gasteiger partial charge is 0.387 e. The Morgan fingerprint density at radius 2 is 2.00 bits per heavy atom. The highest BCUT2D eigenvalue weighted by Gasteiger charge is 2.27. The maximum absolute atomic E-state index is 13.4. The summed E-state index contributed by atoms with van der Waals surface area (Å²) in [7, 11) is 1.58. The second kappa shape index (κ2) is 9.72. The van der Waals surface area contributed by atoms with Gasteiger partial charge in [-0.15, -0.1) is 0 Å². The number of hydrogen-bond acceptors (Lipinski definition) is 7. The van der Waals surface area contributed by atoms with E-state index in [2.05, 4.69) is 10.3 Å². The number of amides is 1. The number of benzene rings is 1. The summed E-state index contributed by atoms with van der Waals surface area (Å²) in [5.41, 5.74) is 4.68. The van der Waals surface area contributed by atoms with Crippen molar-refractivity contribution in [2.75, 3.05) is 29.5 Å². The number of nitrogens with two attached hydrogens (primary N) is 1. The molecule has 0 bridgehead atoms. The number of H-pyrrole nitrogens is 1. The second-order valence-electron chi connectivity index (χ2n) is 6.69. The Hall–Kier alpha value is -3.63. The van der Waals surface area contributed by atoms with E-state index >= 15 is 0 Å². The molecule has 1 aromatic carbocycles. The summed E-state index contributed by atoms with van der Waals surface area (Å²) in [6, 6.07) is 3.86. The summed E-state index contributed by atoms with van der Waals surface area (Å²) in [6.07, 6.45) is 1.87. The summed E-state index contributed by atoms with van der Waals surface area (Å²) in [4.78, 5) is 52.2. The van der Waals surface area contributed by atoms with E-state index in [1.807, 2.05) is 13.8 Å². The number of nitro benzene ring substituents is 1. The molecule has 30 heavy (non-hydrogen) atoms. The molecule has 0 aliphatic heterocycles. The maximum Gasteiger partial charge on any atom is 0.330 e. The zero-order valence-electron chi connectivity index (χ0n) is 17.2. The zero-order chi connectivity index (χ0) is 22.4. The van der Waals surface area contributed by atoms with Crippen LogP contribution in [-0.2, 0) is 6.54 Å². The lowest BCUT2D eigenvalue weighted by atomic mass is 10.1. The number of aromatic amines is 1. The van der Waals surface area contributed by atoms with Crippen LogP contribution in [0.15, 0.2) is 27.8 Å². The smallest absolute Gasteiger partial charge is 0.330 e. The van der Waals surface area contributed by atoms with Crippen LogP contribution in [0.1, 0.15) is 43.5 Å². The highest BCUT2D eigenvalue weighted by Crippen LogP contribution is 2.27. The Kier molecular flexibility index (Phi) is 7.34. The van der Waals surface area contributed by atoms with Crippen LogP contribution in [0.4, 0.5) is 22.9 Å². The lowest BCUT2D eigenvalue weighted by Crippen LogP contribution is -2.41. The van der Waals surface area contributed by atoms with E-state index in [0.29, 0.717) is 18.5 Å². The van der Waals surface area contributed by atoms with Crippen molar-refractivity contribution >= 4 is 28.8 Å². The number of carbonyl (C=O) groups is 1. The molecular weight excluding hydrogens is 392 g/mol. The molecule has 11 nitrogen and oxygen atoms in total. The number of anilines is 3. The van der Waals surface area contributed by atoms with Gasteiger partial charge in [0.25, 0.3) is 17.2 Å². The van der Waals surface area contributed by atoms with Gasteiger partial charge in [0.05, 0.1) is 10.5 Å². The minimum atomic E-state index is -0.786. The summed E-state index contributed by atoms with van der Waals surface area (Å²) >= 11 is 0. The average Bonchev–Trinajstić information content (AvgIpc) is 2.72. The molecule has 0 radical (unpaired) electrons. The van der Waals surface area contributed by atoms with Crippen LogP contribution in [0.2, 0.25) is 0 Å². The van der Waals surface area contributed by atoms with Crippen molar-refractivity contribution in [3.05, 3.63) is 54.7 Å². The molecule has 162 valence electrons. The fourth-order valence-electron chi connectivity index (χ4n) is 3.10. The van der Waals surface area contributed by atoms with Crippen molar-refractivity contribution in [3.63, 3.8) is 0 Å². The zero-order valence-corrected chi connectivity index (χ0v) is 17.2. The highest BCUT2D eigenvalue weighted by molar-refractivity contribution is 6.10. The van der Waals surface area contributed by atoms with Gasteiger partial charge in [-0.05, 0) is 18.9 Å². The first-order chi connectivity index (χ1) is 14.3. The number of hydrogen-bond donors (Lipinski definition) is 3. The van der Waals surface area contributed by atoms with Crippen LogP contribution in [0, 0.1) is 10.1 Å². The Balaban J connectivity index is 2.71. The molecule has 11 heteroatoms. The van der Waals surface area contributed by atoms with E-state index in [1.54, 1.807) is 7.05 Å². The fourth-order valence-corrected chi connectivity index (χ4v) is 3.10. The molecule has 0 spiro atoms. The molecule has 1 amide bonds. The van der Waals surface area contributed by atoms with Gasteiger partial charge in [-0.3, -0.25) is 29.3 Å². The monoisotopic (exact) mass is 418 g/mol. The summed E-state index contributed by atoms with van der Waals surface area (Å²) < 4.78 is 1.20. The molecule has 0 atom stereocenters. The van der Waals surface area contributed by atoms with Gasteiger partial charge in [-0.2, -0.15) is 0 Å². The van der Waals surface area contributed by atoms with E-state index in [-0.39, 0.29) is 35.8 Å². The molecule has 0 saturated carbocycles. The van der Waals surface area contributed by atoms with Crippen molar-refractivity contribution in [1.29, 1.82) is 0 Å². The molecule has 1 heterocycles. The van der Waals surface area contributed by atoms with Crippen LogP contribution in [-0.4, -0.2) is 34.0 Å². The van der Waals surface area contributed by atoms with Crippen LogP contribution >= 0.6 is 0 Å². The average molecular weight is 418 g/mol. The number of rotatable bonds is 9. The Bertz CT molecular complexity index is 1060. The molecule has 0 saturated heterocycles.